The van der Waals surface area contributed by atoms with E-state index in [9.17, 15) is 9.50 Å². The molecule has 0 saturated heterocycles. The normalized spacial score (nSPS) is 12.5. The van der Waals surface area contributed by atoms with Crippen LogP contribution in [0.5, 0.6) is 5.75 Å². The maximum atomic E-state index is 13.5. The summed E-state index contributed by atoms with van der Waals surface area (Å²) in [6, 6.07) is 4.55. The Kier molecular flexibility index (Phi) is 5.63. The molecule has 0 bridgehead atoms. The van der Waals surface area contributed by atoms with Gasteiger partial charge in [0.2, 0.25) is 0 Å². The van der Waals surface area contributed by atoms with Crippen molar-refractivity contribution in [3.8, 4) is 5.75 Å². The summed E-state index contributed by atoms with van der Waals surface area (Å²) in [6.07, 6.45) is -0.654. The number of halogens is 1. The van der Waals surface area contributed by atoms with Crippen LogP contribution in [0.4, 0.5) is 4.39 Å². The Hall–Kier alpha value is -0.740. The molecule has 16 heavy (non-hydrogen) atoms. The molecule has 0 aliphatic heterocycles. The van der Waals surface area contributed by atoms with Gasteiger partial charge in [0.15, 0.2) is 11.6 Å². The first kappa shape index (κ1) is 13.3. The SMILES string of the molecule is CCSCCOc1ccc([C@H](C)O)cc1F. The molecular weight excluding hydrogens is 227 g/mol. The van der Waals surface area contributed by atoms with Gasteiger partial charge in [0.25, 0.3) is 0 Å². The van der Waals surface area contributed by atoms with Crippen molar-refractivity contribution in [2.45, 2.75) is 20.0 Å². The number of hydrogen-bond donors (Lipinski definition) is 1. The number of ether oxygens (including phenoxy) is 1. The van der Waals surface area contributed by atoms with Gasteiger partial charge in [-0.1, -0.05) is 13.0 Å². The molecule has 0 fully saturated rings. The van der Waals surface area contributed by atoms with E-state index in [2.05, 4.69) is 6.92 Å². The number of thioether (sulfide) groups is 1. The van der Waals surface area contributed by atoms with E-state index in [1.54, 1.807) is 30.8 Å². The van der Waals surface area contributed by atoms with E-state index in [4.69, 9.17) is 4.74 Å². The minimum Gasteiger partial charge on any atom is -0.490 e. The van der Waals surface area contributed by atoms with Crippen LogP contribution in [0.15, 0.2) is 18.2 Å². The number of aliphatic hydroxyl groups is 1. The molecule has 0 radical (unpaired) electrons. The third kappa shape index (κ3) is 4.02. The number of hydrogen-bond acceptors (Lipinski definition) is 3. The zero-order valence-electron chi connectivity index (χ0n) is 9.57. The molecule has 0 unspecified atom stereocenters. The van der Waals surface area contributed by atoms with Crippen molar-refractivity contribution in [2.24, 2.45) is 0 Å². The van der Waals surface area contributed by atoms with Gasteiger partial charge in [0, 0.05) is 5.75 Å². The van der Waals surface area contributed by atoms with Gasteiger partial charge in [-0.2, -0.15) is 11.8 Å². The molecule has 0 aliphatic carbocycles. The predicted molar refractivity (Wildman–Crippen MR) is 65.5 cm³/mol. The summed E-state index contributed by atoms with van der Waals surface area (Å²) in [5.41, 5.74) is 0.563. The highest BCUT2D eigenvalue weighted by atomic mass is 32.2. The van der Waals surface area contributed by atoms with Gasteiger partial charge in [0.1, 0.15) is 0 Å². The zero-order chi connectivity index (χ0) is 12.0. The Morgan fingerprint density at radius 2 is 2.25 bits per heavy atom. The minimum absolute atomic E-state index is 0.251. The van der Waals surface area contributed by atoms with Crippen molar-refractivity contribution in [3.05, 3.63) is 29.6 Å². The molecule has 0 aliphatic rings. The highest BCUT2D eigenvalue weighted by molar-refractivity contribution is 7.99. The van der Waals surface area contributed by atoms with Crippen LogP contribution in [-0.2, 0) is 0 Å². The lowest BCUT2D eigenvalue weighted by atomic mass is 10.1. The number of aliphatic hydroxyl groups excluding tert-OH is 1. The van der Waals surface area contributed by atoms with Crippen molar-refractivity contribution < 1.29 is 14.2 Å². The van der Waals surface area contributed by atoms with Crippen LogP contribution in [0.3, 0.4) is 0 Å². The lowest BCUT2D eigenvalue weighted by molar-refractivity contribution is 0.198. The van der Waals surface area contributed by atoms with E-state index < -0.39 is 11.9 Å². The average molecular weight is 244 g/mol. The minimum atomic E-state index is -0.654. The molecule has 0 spiro atoms. The molecule has 1 aromatic carbocycles. The lowest BCUT2D eigenvalue weighted by Crippen LogP contribution is -2.03. The molecule has 0 amide bonds. The standard InChI is InChI=1S/C12H17FO2S/c1-3-16-7-6-15-12-5-4-10(9(2)14)8-11(12)13/h4-5,8-9,14H,3,6-7H2,1-2H3/t9-/m0/s1. The van der Waals surface area contributed by atoms with Crippen LogP contribution in [0.25, 0.3) is 0 Å². The first-order chi connectivity index (χ1) is 7.65. The smallest absolute Gasteiger partial charge is 0.165 e. The van der Waals surface area contributed by atoms with Gasteiger partial charge in [-0.05, 0) is 30.4 Å². The summed E-state index contributed by atoms with van der Waals surface area (Å²) >= 11 is 1.75. The summed E-state index contributed by atoms with van der Waals surface area (Å²) in [5, 5.41) is 9.27. The topological polar surface area (TPSA) is 29.5 Å². The summed E-state index contributed by atoms with van der Waals surface area (Å²) in [6.45, 7) is 4.18. The van der Waals surface area contributed by atoms with Gasteiger partial charge in [-0.3, -0.25) is 0 Å². The van der Waals surface area contributed by atoms with Crippen LogP contribution in [-0.4, -0.2) is 23.2 Å². The second kappa shape index (κ2) is 6.76. The van der Waals surface area contributed by atoms with Crippen LogP contribution in [0.1, 0.15) is 25.5 Å². The molecule has 2 nitrogen and oxygen atoms in total. The van der Waals surface area contributed by atoms with Gasteiger partial charge in [-0.15, -0.1) is 0 Å². The molecule has 0 aromatic heterocycles. The van der Waals surface area contributed by atoms with Crippen molar-refractivity contribution in [1.82, 2.24) is 0 Å². The number of rotatable bonds is 6. The predicted octanol–water partition coefficient (Wildman–Crippen LogP) is 3.01. The Morgan fingerprint density at radius 3 is 2.81 bits per heavy atom. The Morgan fingerprint density at radius 1 is 1.50 bits per heavy atom. The van der Waals surface area contributed by atoms with E-state index >= 15 is 0 Å². The van der Waals surface area contributed by atoms with E-state index in [0.717, 1.165) is 11.5 Å². The average Bonchev–Trinajstić information content (AvgIpc) is 2.26. The Labute approximate surface area is 99.8 Å². The van der Waals surface area contributed by atoms with Crippen molar-refractivity contribution in [2.75, 3.05) is 18.1 Å². The van der Waals surface area contributed by atoms with Crippen LogP contribution in [0.2, 0.25) is 0 Å². The molecule has 4 heteroatoms. The van der Waals surface area contributed by atoms with E-state index in [0.29, 0.717) is 12.2 Å². The maximum Gasteiger partial charge on any atom is 0.165 e. The Bertz CT molecular complexity index is 329. The second-order valence-corrected chi connectivity index (χ2v) is 4.81. The van der Waals surface area contributed by atoms with Crippen LogP contribution < -0.4 is 4.74 Å². The maximum absolute atomic E-state index is 13.5. The summed E-state index contributed by atoms with van der Waals surface area (Å²) in [5.74, 6) is 1.72. The molecule has 0 saturated carbocycles. The van der Waals surface area contributed by atoms with Crippen LogP contribution in [0, 0.1) is 5.82 Å². The molecule has 90 valence electrons. The summed E-state index contributed by atoms with van der Waals surface area (Å²) in [7, 11) is 0. The molecule has 1 atom stereocenters. The summed E-state index contributed by atoms with van der Waals surface area (Å²) in [4.78, 5) is 0. The first-order valence-corrected chi connectivity index (χ1v) is 6.48. The van der Waals surface area contributed by atoms with Crippen molar-refractivity contribution >= 4 is 11.8 Å². The van der Waals surface area contributed by atoms with Crippen LogP contribution >= 0.6 is 11.8 Å². The Balaban J connectivity index is 2.54. The lowest BCUT2D eigenvalue weighted by Gasteiger charge is -2.09. The molecular formula is C12H17FO2S. The fourth-order valence-electron chi connectivity index (χ4n) is 1.25. The fourth-order valence-corrected chi connectivity index (χ4v) is 1.74. The van der Waals surface area contributed by atoms with E-state index in [-0.39, 0.29) is 5.75 Å². The third-order valence-corrected chi connectivity index (χ3v) is 2.99. The molecule has 1 rings (SSSR count). The van der Waals surface area contributed by atoms with Gasteiger partial charge >= 0.3 is 0 Å². The largest absolute Gasteiger partial charge is 0.490 e. The third-order valence-electron chi connectivity index (χ3n) is 2.13. The fraction of sp³-hybridized carbons (Fsp3) is 0.500. The highest BCUT2D eigenvalue weighted by Gasteiger charge is 2.07. The van der Waals surface area contributed by atoms with Crippen molar-refractivity contribution in [3.63, 3.8) is 0 Å². The monoisotopic (exact) mass is 244 g/mol. The molecule has 1 aromatic rings. The van der Waals surface area contributed by atoms with E-state index in [1.807, 2.05) is 0 Å². The molecule has 0 heterocycles. The number of benzene rings is 1. The molecule has 1 N–H and O–H groups in total. The zero-order valence-corrected chi connectivity index (χ0v) is 10.4. The summed E-state index contributed by atoms with van der Waals surface area (Å²) < 4.78 is 18.8. The second-order valence-electron chi connectivity index (χ2n) is 3.41. The quantitative estimate of drug-likeness (QED) is 0.780. The van der Waals surface area contributed by atoms with Crippen molar-refractivity contribution in [1.29, 1.82) is 0 Å². The highest BCUT2D eigenvalue weighted by Crippen LogP contribution is 2.22. The van der Waals surface area contributed by atoms with Gasteiger partial charge in [-0.25, -0.2) is 4.39 Å². The van der Waals surface area contributed by atoms with E-state index in [1.165, 1.54) is 6.07 Å². The van der Waals surface area contributed by atoms with Gasteiger partial charge in [0.05, 0.1) is 12.7 Å². The van der Waals surface area contributed by atoms with Gasteiger partial charge < -0.3 is 9.84 Å². The first-order valence-electron chi connectivity index (χ1n) is 5.33.